The van der Waals surface area contributed by atoms with Gasteiger partial charge in [0.2, 0.25) is 0 Å². The highest BCUT2D eigenvalue weighted by atomic mass is 35.5. The molecule has 1 fully saturated rings. The standard InChI is InChI=1S/C14H18ClNO2/c15-13-5-3-11(4-6-13)7-9-16-8-1-2-12(10-16)14(17)18/h3-6,12H,1-2,7-10H2,(H,17,18). The maximum absolute atomic E-state index is 11.0. The molecule has 0 bridgehead atoms. The van der Waals surface area contributed by atoms with Crippen LogP contribution in [0.25, 0.3) is 0 Å². The largest absolute Gasteiger partial charge is 0.481 e. The number of likely N-dealkylation sites (tertiary alicyclic amines) is 1. The highest BCUT2D eigenvalue weighted by molar-refractivity contribution is 6.30. The van der Waals surface area contributed by atoms with Gasteiger partial charge in [-0.15, -0.1) is 0 Å². The highest BCUT2D eigenvalue weighted by Crippen LogP contribution is 2.17. The van der Waals surface area contributed by atoms with Crippen molar-refractivity contribution in [1.29, 1.82) is 0 Å². The van der Waals surface area contributed by atoms with Gasteiger partial charge < -0.3 is 10.0 Å². The summed E-state index contributed by atoms with van der Waals surface area (Å²) in [5.74, 6) is -0.852. The second-order valence-electron chi connectivity index (χ2n) is 4.85. The molecular formula is C14H18ClNO2. The number of halogens is 1. The molecule has 1 N–H and O–H groups in total. The number of nitrogens with zero attached hydrogens (tertiary/aromatic N) is 1. The van der Waals surface area contributed by atoms with Gasteiger partial charge in [-0.05, 0) is 43.5 Å². The first-order chi connectivity index (χ1) is 8.65. The van der Waals surface area contributed by atoms with Gasteiger partial charge >= 0.3 is 5.97 Å². The molecule has 1 unspecified atom stereocenters. The van der Waals surface area contributed by atoms with E-state index in [2.05, 4.69) is 4.90 Å². The van der Waals surface area contributed by atoms with E-state index in [0.29, 0.717) is 6.54 Å². The summed E-state index contributed by atoms with van der Waals surface area (Å²) in [4.78, 5) is 13.2. The predicted molar refractivity (Wildman–Crippen MR) is 72.0 cm³/mol. The van der Waals surface area contributed by atoms with E-state index < -0.39 is 5.97 Å². The van der Waals surface area contributed by atoms with Crippen LogP contribution >= 0.6 is 11.6 Å². The van der Waals surface area contributed by atoms with Crippen LogP contribution in [-0.2, 0) is 11.2 Å². The molecular weight excluding hydrogens is 250 g/mol. The van der Waals surface area contributed by atoms with E-state index in [1.807, 2.05) is 24.3 Å². The predicted octanol–water partition coefficient (Wildman–Crippen LogP) is 2.68. The van der Waals surface area contributed by atoms with Crippen molar-refractivity contribution in [2.24, 2.45) is 5.92 Å². The van der Waals surface area contributed by atoms with E-state index in [4.69, 9.17) is 16.7 Å². The SMILES string of the molecule is O=C(O)C1CCCN(CCc2ccc(Cl)cc2)C1. The summed E-state index contributed by atoms with van der Waals surface area (Å²) >= 11 is 5.84. The number of carbonyl (C=O) groups is 1. The summed E-state index contributed by atoms with van der Waals surface area (Å²) in [6.07, 6.45) is 2.74. The molecule has 2 rings (SSSR count). The van der Waals surface area contributed by atoms with Crippen LogP contribution in [0.4, 0.5) is 0 Å². The molecule has 0 saturated carbocycles. The number of hydrogen-bond acceptors (Lipinski definition) is 2. The molecule has 3 nitrogen and oxygen atoms in total. The molecule has 98 valence electrons. The molecule has 1 aliphatic heterocycles. The summed E-state index contributed by atoms with van der Waals surface area (Å²) in [5.41, 5.74) is 1.25. The average molecular weight is 268 g/mol. The van der Waals surface area contributed by atoms with Gasteiger partial charge in [-0.1, -0.05) is 23.7 Å². The summed E-state index contributed by atoms with van der Waals surface area (Å²) in [7, 11) is 0. The first-order valence-corrected chi connectivity index (χ1v) is 6.72. The zero-order valence-corrected chi connectivity index (χ0v) is 11.1. The first kappa shape index (κ1) is 13.4. The van der Waals surface area contributed by atoms with Crippen molar-refractivity contribution in [2.75, 3.05) is 19.6 Å². The van der Waals surface area contributed by atoms with Gasteiger partial charge in [-0.3, -0.25) is 4.79 Å². The van der Waals surface area contributed by atoms with Crippen LogP contribution in [-0.4, -0.2) is 35.6 Å². The molecule has 1 aliphatic rings. The summed E-state index contributed by atoms with van der Waals surface area (Å²) in [6.45, 7) is 2.62. The second kappa shape index (κ2) is 6.21. The molecule has 1 saturated heterocycles. The first-order valence-electron chi connectivity index (χ1n) is 6.35. The highest BCUT2D eigenvalue weighted by Gasteiger charge is 2.24. The Labute approximate surface area is 112 Å². The molecule has 4 heteroatoms. The van der Waals surface area contributed by atoms with Crippen molar-refractivity contribution in [3.63, 3.8) is 0 Å². The third-order valence-electron chi connectivity index (χ3n) is 3.48. The number of hydrogen-bond donors (Lipinski definition) is 1. The molecule has 1 aromatic carbocycles. The lowest BCUT2D eigenvalue weighted by Gasteiger charge is -2.30. The zero-order valence-electron chi connectivity index (χ0n) is 10.3. The van der Waals surface area contributed by atoms with E-state index in [1.54, 1.807) is 0 Å². The molecule has 0 aliphatic carbocycles. The Balaban J connectivity index is 1.82. The fraction of sp³-hybridized carbons (Fsp3) is 0.500. The molecule has 0 aromatic heterocycles. The Morgan fingerprint density at radius 3 is 2.78 bits per heavy atom. The fourth-order valence-electron chi connectivity index (χ4n) is 2.40. The molecule has 0 amide bonds. The normalized spacial score (nSPS) is 20.8. The second-order valence-corrected chi connectivity index (χ2v) is 5.29. The lowest BCUT2D eigenvalue weighted by Crippen LogP contribution is -2.39. The smallest absolute Gasteiger partial charge is 0.307 e. The lowest BCUT2D eigenvalue weighted by atomic mass is 9.98. The maximum atomic E-state index is 11.0. The number of rotatable bonds is 4. The number of aliphatic carboxylic acids is 1. The van der Waals surface area contributed by atoms with E-state index >= 15 is 0 Å². The van der Waals surface area contributed by atoms with Gasteiger partial charge in [0, 0.05) is 18.1 Å². The summed E-state index contributed by atoms with van der Waals surface area (Å²) in [5, 5.41) is 9.78. The Hall–Kier alpha value is -1.06. The van der Waals surface area contributed by atoms with Crippen molar-refractivity contribution in [1.82, 2.24) is 4.90 Å². The Morgan fingerprint density at radius 2 is 2.11 bits per heavy atom. The quantitative estimate of drug-likeness (QED) is 0.912. The van der Waals surface area contributed by atoms with E-state index in [0.717, 1.165) is 37.4 Å². The number of carboxylic acids is 1. The monoisotopic (exact) mass is 267 g/mol. The van der Waals surface area contributed by atoms with Crippen LogP contribution in [0.1, 0.15) is 18.4 Å². The van der Waals surface area contributed by atoms with Gasteiger partial charge in [0.1, 0.15) is 0 Å². The van der Waals surface area contributed by atoms with Crippen molar-refractivity contribution < 1.29 is 9.90 Å². The average Bonchev–Trinajstić information content (AvgIpc) is 2.38. The summed E-state index contributed by atoms with van der Waals surface area (Å²) < 4.78 is 0. The molecule has 1 aromatic rings. The minimum atomic E-state index is -0.661. The minimum Gasteiger partial charge on any atom is -0.481 e. The zero-order chi connectivity index (χ0) is 13.0. The maximum Gasteiger partial charge on any atom is 0.307 e. The third-order valence-corrected chi connectivity index (χ3v) is 3.74. The van der Waals surface area contributed by atoms with E-state index in [-0.39, 0.29) is 5.92 Å². The van der Waals surface area contributed by atoms with Crippen LogP contribution < -0.4 is 0 Å². The molecule has 1 heterocycles. The van der Waals surface area contributed by atoms with Crippen molar-refractivity contribution in [2.45, 2.75) is 19.3 Å². The Bertz CT molecular complexity index is 405. The van der Waals surface area contributed by atoms with Gasteiger partial charge in [0.25, 0.3) is 0 Å². The van der Waals surface area contributed by atoms with Crippen LogP contribution in [0.15, 0.2) is 24.3 Å². The number of piperidine rings is 1. The fourth-order valence-corrected chi connectivity index (χ4v) is 2.52. The number of benzene rings is 1. The Kier molecular flexibility index (Phi) is 4.61. The van der Waals surface area contributed by atoms with Crippen molar-refractivity contribution in [3.05, 3.63) is 34.9 Å². The molecule has 18 heavy (non-hydrogen) atoms. The van der Waals surface area contributed by atoms with Gasteiger partial charge in [0.05, 0.1) is 5.92 Å². The molecule has 0 radical (unpaired) electrons. The van der Waals surface area contributed by atoms with Gasteiger partial charge in [0.15, 0.2) is 0 Å². The summed E-state index contributed by atoms with van der Waals surface area (Å²) in [6, 6.07) is 7.85. The topological polar surface area (TPSA) is 40.5 Å². The van der Waals surface area contributed by atoms with Crippen LogP contribution in [0.3, 0.4) is 0 Å². The lowest BCUT2D eigenvalue weighted by molar-refractivity contribution is -0.143. The molecule has 0 spiro atoms. The van der Waals surface area contributed by atoms with Gasteiger partial charge in [-0.25, -0.2) is 0 Å². The minimum absolute atomic E-state index is 0.191. The number of carboxylic acid groups (broad SMARTS) is 1. The van der Waals surface area contributed by atoms with Crippen LogP contribution in [0.5, 0.6) is 0 Å². The van der Waals surface area contributed by atoms with E-state index in [9.17, 15) is 4.79 Å². The van der Waals surface area contributed by atoms with Gasteiger partial charge in [-0.2, -0.15) is 0 Å². The van der Waals surface area contributed by atoms with Crippen LogP contribution in [0.2, 0.25) is 5.02 Å². The van der Waals surface area contributed by atoms with Crippen molar-refractivity contribution >= 4 is 17.6 Å². The van der Waals surface area contributed by atoms with Crippen molar-refractivity contribution in [3.8, 4) is 0 Å². The third kappa shape index (κ3) is 3.72. The van der Waals surface area contributed by atoms with E-state index in [1.165, 1.54) is 5.56 Å². The molecule has 1 atom stereocenters. The van der Waals surface area contributed by atoms with Crippen LogP contribution in [0, 0.1) is 5.92 Å². The Morgan fingerprint density at radius 1 is 1.39 bits per heavy atom.